The molecule has 0 spiro atoms. The number of amides is 1. The largest absolute Gasteiger partial charge is 0.497 e. The van der Waals surface area contributed by atoms with Gasteiger partial charge in [0, 0.05) is 32.7 Å². The lowest BCUT2D eigenvalue weighted by Crippen LogP contribution is -2.38. The number of methoxy groups -OCH3 is 1. The van der Waals surface area contributed by atoms with Crippen molar-refractivity contribution in [1.82, 2.24) is 9.80 Å². The molecular formula is C21H24BrFN2O3. The van der Waals surface area contributed by atoms with Crippen LogP contribution in [0.15, 0.2) is 46.9 Å². The van der Waals surface area contributed by atoms with Crippen molar-refractivity contribution in [3.8, 4) is 11.5 Å². The van der Waals surface area contributed by atoms with Crippen LogP contribution in [0.2, 0.25) is 0 Å². The van der Waals surface area contributed by atoms with Crippen LogP contribution in [0, 0.1) is 5.82 Å². The van der Waals surface area contributed by atoms with Crippen LogP contribution < -0.4 is 9.47 Å². The van der Waals surface area contributed by atoms with Gasteiger partial charge < -0.3 is 14.4 Å². The highest BCUT2D eigenvalue weighted by Crippen LogP contribution is 2.25. The first-order chi connectivity index (χ1) is 13.5. The Morgan fingerprint density at radius 3 is 2.61 bits per heavy atom. The number of carbonyl (C=O) groups is 1. The van der Waals surface area contributed by atoms with Gasteiger partial charge >= 0.3 is 0 Å². The fraction of sp³-hybridized carbons (Fsp3) is 0.381. The number of hydrogen-bond donors (Lipinski definition) is 0. The van der Waals surface area contributed by atoms with E-state index in [2.05, 4.69) is 33.0 Å². The maximum Gasteiger partial charge on any atom is 0.260 e. The summed E-state index contributed by atoms with van der Waals surface area (Å²) in [6, 6.07) is 12.2. The Morgan fingerprint density at radius 1 is 1.11 bits per heavy atom. The molecule has 0 aliphatic carbocycles. The van der Waals surface area contributed by atoms with Crippen LogP contribution >= 0.6 is 15.9 Å². The van der Waals surface area contributed by atoms with E-state index in [-0.39, 0.29) is 18.3 Å². The molecule has 0 atom stereocenters. The average molecular weight is 451 g/mol. The van der Waals surface area contributed by atoms with Gasteiger partial charge in [0.15, 0.2) is 6.61 Å². The minimum absolute atomic E-state index is 0.0529. The van der Waals surface area contributed by atoms with Gasteiger partial charge in [-0.05, 0) is 58.2 Å². The first-order valence-electron chi connectivity index (χ1n) is 9.26. The topological polar surface area (TPSA) is 42.0 Å². The summed E-state index contributed by atoms with van der Waals surface area (Å²) >= 11 is 3.25. The molecule has 1 amide bonds. The van der Waals surface area contributed by atoms with Crippen molar-refractivity contribution in [2.45, 2.75) is 13.0 Å². The second-order valence-electron chi connectivity index (χ2n) is 6.72. The Labute approximate surface area is 173 Å². The second kappa shape index (κ2) is 9.89. The number of benzene rings is 2. The summed E-state index contributed by atoms with van der Waals surface area (Å²) in [6.07, 6.45) is 0.919. The van der Waals surface area contributed by atoms with E-state index in [9.17, 15) is 9.18 Å². The van der Waals surface area contributed by atoms with Crippen LogP contribution in [-0.4, -0.2) is 55.6 Å². The molecule has 1 aliphatic heterocycles. The molecule has 0 radical (unpaired) electrons. The lowest BCUT2D eigenvalue weighted by molar-refractivity contribution is -0.133. The van der Waals surface area contributed by atoms with Crippen molar-refractivity contribution in [3.05, 3.63) is 58.3 Å². The van der Waals surface area contributed by atoms with E-state index in [1.165, 1.54) is 23.8 Å². The Balaban J connectivity index is 1.48. The highest BCUT2D eigenvalue weighted by molar-refractivity contribution is 9.10. The third kappa shape index (κ3) is 5.69. The molecule has 1 fully saturated rings. The molecule has 5 nitrogen and oxygen atoms in total. The van der Waals surface area contributed by atoms with E-state index in [1.807, 2.05) is 17.0 Å². The van der Waals surface area contributed by atoms with Gasteiger partial charge in [0.2, 0.25) is 0 Å². The summed E-state index contributed by atoms with van der Waals surface area (Å²) in [6.45, 7) is 3.95. The third-order valence-corrected chi connectivity index (χ3v) is 5.37. The van der Waals surface area contributed by atoms with Crippen LogP contribution in [0.4, 0.5) is 4.39 Å². The Morgan fingerprint density at radius 2 is 1.89 bits per heavy atom. The van der Waals surface area contributed by atoms with Gasteiger partial charge in [-0.3, -0.25) is 9.69 Å². The highest BCUT2D eigenvalue weighted by atomic mass is 79.9. The number of rotatable bonds is 6. The molecular weight excluding hydrogens is 427 g/mol. The number of nitrogens with zero attached hydrogens (tertiary/aromatic N) is 2. The maximum absolute atomic E-state index is 13.1. The second-order valence-corrected chi connectivity index (χ2v) is 7.58. The van der Waals surface area contributed by atoms with Crippen molar-refractivity contribution in [3.63, 3.8) is 0 Å². The Bertz CT molecular complexity index is 801. The summed E-state index contributed by atoms with van der Waals surface area (Å²) in [5, 5.41) is 0. The van der Waals surface area contributed by atoms with Crippen LogP contribution in [0.5, 0.6) is 11.5 Å². The molecule has 7 heteroatoms. The van der Waals surface area contributed by atoms with Crippen molar-refractivity contribution >= 4 is 21.8 Å². The van der Waals surface area contributed by atoms with Crippen LogP contribution in [0.3, 0.4) is 0 Å². The molecule has 1 aliphatic rings. The summed E-state index contributed by atoms with van der Waals surface area (Å²) < 4.78 is 24.4. The maximum atomic E-state index is 13.1. The molecule has 28 heavy (non-hydrogen) atoms. The molecule has 0 bridgehead atoms. The fourth-order valence-corrected chi connectivity index (χ4v) is 3.66. The first kappa shape index (κ1) is 20.6. The summed E-state index contributed by atoms with van der Waals surface area (Å²) in [4.78, 5) is 16.7. The molecule has 0 unspecified atom stereocenters. The minimum Gasteiger partial charge on any atom is -0.497 e. The molecule has 150 valence electrons. The monoisotopic (exact) mass is 450 g/mol. The van der Waals surface area contributed by atoms with Gasteiger partial charge in [-0.2, -0.15) is 0 Å². The number of carbonyl (C=O) groups excluding carboxylic acids is 1. The van der Waals surface area contributed by atoms with Crippen molar-refractivity contribution in [2.24, 2.45) is 0 Å². The van der Waals surface area contributed by atoms with Crippen molar-refractivity contribution in [1.29, 1.82) is 0 Å². The van der Waals surface area contributed by atoms with E-state index < -0.39 is 0 Å². The van der Waals surface area contributed by atoms with E-state index >= 15 is 0 Å². The molecule has 2 aromatic rings. The van der Waals surface area contributed by atoms with Gasteiger partial charge in [0.1, 0.15) is 17.3 Å². The predicted molar refractivity (Wildman–Crippen MR) is 109 cm³/mol. The molecule has 0 N–H and O–H groups in total. The zero-order chi connectivity index (χ0) is 19.9. The average Bonchev–Trinajstić information content (AvgIpc) is 2.93. The quantitative estimate of drug-likeness (QED) is 0.672. The van der Waals surface area contributed by atoms with Crippen molar-refractivity contribution < 1.29 is 18.7 Å². The van der Waals surface area contributed by atoms with E-state index in [0.717, 1.165) is 31.8 Å². The van der Waals surface area contributed by atoms with Crippen LogP contribution in [0.25, 0.3) is 0 Å². The lowest BCUT2D eigenvalue weighted by Gasteiger charge is -2.22. The standard InChI is InChI=1S/C21H24BrFN2O3/c1-27-18-6-3-16(4-7-18)14-24-9-2-10-25(12-11-24)21(26)15-28-20-8-5-17(23)13-19(20)22/h3-8,13H,2,9-12,14-15H2,1H3. The van der Waals surface area contributed by atoms with Crippen molar-refractivity contribution in [2.75, 3.05) is 39.9 Å². The van der Waals surface area contributed by atoms with Gasteiger partial charge in [-0.15, -0.1) is 0 Å². The number of halogens is 2. The Hall–Kier alpha value is -2.12. The SMILES string of the molecule is COc1ccc(CN2CCCN(C(=O)COc3ccc(F)cc3Br)CC2)cc1. The summed E-state index contributed by atoms with van der Waals surface area (Å²) in [5.41, 5.74) is 1.23. The van der Waals surface area contributed by atoms with E-state index in [1.54, 1.807) is 7.11 Å². The third-order valence-electron chi connectivity index (χ3n) is 4.75. The van der Waals surface area contributed by atoms with E-state index in [4.69, 9.17) is 9.47 Å². The van der Waals surface area contributed by atoms with E-state index in [0.29, 0.717) is 23.3 Å². The molecule has 1 saturated heterocycles. The predicted octanol–water partition coefficient (Wildman–Crippen LogP) is 3.71. The van der Waals surface area contributed by atoms with Gasteiger partial charge in [0.25, 0.3) is 5.91 Å². The number of hydrogen-bond acceptors (Lipinski definition) is 4. The molecule has 3 rings (SSSR count). The lowest BCUT2D eigenvalue weighted by atomic mass is 10.2. The van der Waals surface area contributed by atoms with Gasteiger partial charge in [-0.1, -0.05) is 12.1 Å². The zero-order valence-electron chi connectivity index (χ0n) is 15.9. The Kier molecular flexibility index (Phi) is 7.28. The highest BCUT2D eigenvalue weighted by Gasteiger charge is 2.20. The molecule has 2 aromatic carbocycles. The van der Waals surface area contributed by atoms with Gasteiger partial charge in [-0.25, -0.2) is 4.39 Å². The molecule has 1 heterocycles. The van der Waals surface area contributed by atoms with Crippen LogP contribution in [-0.2, 0) is 11.3 Å². The number of ether oxygens (including phenoxy) is 2. The first-order valence-corrected chi connectivity index (χ1v) is 10.1. The normalized spacial score (nSPS) is 15.2. The fourth-order valence-electron chi connectivity index (χ4n) is 3.19. The summed E-state index contributed by atoms with van der Waals surface area (Å²) in [5.74, 6) is 0.910. The minimum atomic E-state index is -0.352. The summed E-state index contributed by atoms with van der Waals surface area (Å²) in [7, 11) is 1.66. The van der Waals surface area contributed by atoms with Crippen LogP contribution in [0.1, 0.15) is 12.0 Å². The molecule has 0 aromatic heterocycles. The smallest absolute Gasteiger partial charge is 0.260 e. The van der Waals surface area contributed by atoms with Gasteiger partial charge in [0.05, 0.1) is 11.6 Å². The zero-order valence-corrected chi connectivity index (χ0v) is 17.5. The molecule has 0 saturated carbocycles.